The van der Waals surface area contributed by atoms with Gasteiger partial charge in [0, 0.05) is 38.8 Å². The third-order valence-corrected chi connectivity index (χ3v) is 3.01. The normalized spacial score (nSPS) is 16.6. The van der Waals surface area contributed by atoms with E-state index in [2.05, 4.69) is 20.6 Å². The standard InChI is InChI=1S/C12H17N5O2/c13-16-12(19)9-1-2-10(15-7-9)8-17-5-3-11(18)14-4-6-17/h1-2,7H,3-6,8,13H2,(H,14,18)(H,16,19). The number of amides is 2. The summed E-state index contributed by atoms with van der Waals surface area (Å²) in [6, 6.07) is 3.48. The molecule has 7 heteroatoms. The first-order valence-electron chi connectivity index (χ1n) is 6.14. The van der Waals surface area contributed by atoms with Gasteiger partial charge in [0.05, 0.1) is 11.3 Å². The lowest BCUT2D eigenvalue weighted by atomic mass is 10.2. The van der Waals surface area contributed by atoms with Crippen LogP contribution < -0.4 is 16.6 Å². The summed E-state index contributed by atoms with van der Waals surface area (Å²) in [4.78, 5) is 28.9. The second-order valence-corrected chi connectivity index (χ2v) is 4.39. The lowest BCUT2D eigenvalue weighted by Crippen LogP contribution is -2.30. The maximum absolute atomic E-state index is 11.3. The number of carbonyl (C=O) groups is 2. The molecule has 0 atom stereocenters. The Kier molecular flexibility index (Phi) is 4.43. The highest BCUT2D eigenvalue weighted by Crippen LogP contribution is 2.06. The van der Waals surface area contributed by atoms with E-state index in [9.17, 15) is 9.59 Å². The van der Waals surface area contributed by atoms with Gasteiger partial charge in [-0.25, -0.2) is 5.84 Å². The highest BCUT2D eigenvalue weighted by Gasteiger charge is 2.14. The molecule has 2 heterocycles. The first-order valence-corrected chi connectivity index (χ1v) is 6.14. The van der Waals surface area contributed by atoms with Crippen LogP contribution in [0.4, 0.5) is 0 Å². The van der Waals surface area contributed by atoms with E-state index < -0.39 is 0 Å². The van der Waals surface area contributed by atoms with Crippen LogP contribution in [-0.4, -0.2) is 41.3 Å². The molecule has 0 aromatic carbocycles. The molecule has 4 N–H and O–H groups in total. The van der Waals surface area contributed by atoms with Crippen molar-refractivity contribution in [2.24, 2.45) is 5.84 Å². The van der Waals surface area contributed by atoms with Gasteiger partial charge in [0.1, 0.15) is 0 Å². The zero-order valence-corrected chi connectivity index (χ0v) is 10.6. The molecule has 19 heavy (non-hydrogen) atoms. The summed E-state index contributed by atoms with van der Waals surface area (Å²) >= 11 is 0. The lowest BCUT2D eigenvalue weighted by molar-refractivity contribution is -0.120. The van der Waals surface area contributed by atoms with E-state index in [0.717, 1.165) is 18.8 Å². The van der Waals surface area contributed by atoms with Crippen molar-refractivity contribution in [3.63, 3.8) is 0 Å². The molecule has 1 saturated heterocycles. The number of hydrogen-bond acceptors (Lipinski definition) is 5. The van der Waals surface area contributed by atoms with Crippen molar-refractivity contribution in [1.29, 1.82) is 0 Å². The summed E-state index contributed by atoms with van der Waals surface area (Å²) in [6.07, 6.45) is 2.01. The SMILES string of the molecule is NNC(=O)c1ccc(CN2CCNC(=O)CC2)nc1. The number of nitrogens with zero attached hydrogens (tertiary/aromatic N) is 2. The number of rotatable bonds is 3. The van der Waals surface area contributed by atoms with Crippen LogP contribution in [0.3, 0.4) is 0 Å². The minimum atomic E-state index is -0.358. The van der Waals surface area contributed by atoms with E-state index >= 15 is 0 Å². The molecule has 0 radical (unpaired) electrons. The molecule has 0 aliphatic carbocycles. The average Bonchev–Trinajstić information content (AvgIpc) is 2.64. The molecule has 0 unspecified atom stereocenters. The number of nitrogens with two attached hydrogens (primary N) is 1. The summed E-state index contributed by atoms with van der Waals surface area (Å²) in [7, 11) is 0. The molecule has 2 amide bonds. The molecule has 7 nitrogen and oxygen atoms in total. The van der Waals surface area contributed by atoms with Crippen molar-refractivity contribution in [1.82, 2.24) is 20.6 Å². The predicted molar refractivity (Wildman–Crippen MR) is 68.8 cm³/mol. The Hall–Kier alpha value is -1.99. The minimum absolute atomic E-state index is 0.0884. The van der Waals surface area contributed by atoms with E-state index in [1.54, 1.807) is 12.1 Å². The molecule has 2 rings (SSSR count). The molecule has 1 fully saturated rings. The van der Waals surface area contributed by atoms with Crippen molar-refractivity contribution in [2.75, 3.05) is 19.6 Å². The molecule has 0 bridgehead atoms. The lowest BCUT2D eigenvalue weighted by Gasteiger charge is -2.18. The molecular weight excluding hydrogens is 246 g/mol. The van der Waals surface area contributed by atoms with E-state index in [-0.39, 0.29) is 11.8 Å². The van der Waals surface area contributed by atoms with E-state index in [1.807, 2.05) is 0 Å². The van der Waals surface area contributed by atoms with Crippen LogP contribution >= 0.6 is 0 Å². The third kappa shape index (κ3) is 3.73. The Bertz CT molecular complexity index is 460. The predicted octanol–water partition coefficient (Wildman–Crippen LogP) is -0.993. The van der Waals surface area contributed by atoms with Gasteiger partial charge in [-0.3, -0.25) is 24.9 Å². The second-order valence-electron chi connectivity index (χ2n) is 4.39. The molecule has 0 saturated carbocycles. The zero-order valence-electron chi connectivity index (χ0n) is 10.6. The quantitative estimate of drug-likeness (QED) is 0.369. The van der Waals surface area contributed by atoms with Gasteiger partial charge < -0.3 is 5.32 Å². The highest BCUT2D eigenvalue weighted by molar-refractivity contribution is 5.93. The summed E-state index contributed by atoms with van der Waals surface area (Å²) in [5.41, 5.74) is 3.35. The molecule has 0 spiro atoms. The fourth-order valence-electron chi connectivity index (χ4n) is 1.94. The number of pyridine rings is 1. The first kappa shape index (κ1) is 13.4. The van der Waals surface area contributed by atoms with Crippen LogP contribution in [0.2, 0.25) is 0 Å². The van der Waals surface area contributed by atoms with Gasteiger partial charge in [0.15, 0.2) is 0 Å². The molecule has 1 aromatic rings. The number of nitrogen functional groups attached to an aromatic ring is 1. The van der Waals surface area contributed by atoms with Crippen molar-refractivity contribution in [2.45, 2.75) is 13.0 Å². The average molecular weight is 263 g/mol. The van der Waals surface area contributed by atoms with Gasteiger partial charge >= 0.3 is 0 Å². The fraction of sp³-hybridized carbons (Fsp3) is 0.417. The number of hydrogen-bond donors (Lipinski definition) is 3. The maximum atomic E-state index is 11.3. The van der Waals surface area contributed by atoms with Crippen molar-refractivity contribution in [3.05, 3.63) is 29.6 Å². The third-order valence-electron chi connectivity index (χ3n) is 3.01. The Morgan fingerprint density at radius 2 is 2.32 bits per heavy atom. The molecular formula is C12H17N5O2. The summed E-state index contributed by atoms with van der Waals surface area (Å²) in [6.45, 7) is 2.85. The largest absolute Gasteiger partial charge is 0.355 e. The summed E-state index contributed by atoms with van der Waals surface area (Å²) in [5, 5.41) is 2.82. The van der Waals surface area contributed by atoms with E-state index in [4.69, 9.17) is 5.84 Å². The van der Waals surface area contributed by atoms with Gasteiger partial charge in [0.25, 0.3) is 5.91 Å². The van der Waals surface area contributed by atoms with Crippen molar-refractivity contribution in [3.8, 4) is 0 Å². The van der Waals surface area contributed by atoms with Crippen LogP contribution in [0.1, 0.15) is 22.5 Å². The maximum Gasteiger partial charge on any atom is 0.266 e. The van der Waals surface area contributed by atoms with Crippen LogP contribution in [0.15, 0.2) is 18.3 Å². The number of nitrogens with one attached hydrogen (secondary N) is 2. The van der Waals surface area contributed by atoms with Crippen LogP contribution in [0, 0.1) is 0 Å². The topological polar surface area (TPSA) is 100 Å². The van der Waals surface area contributed by atoms with Gasteiger partial charge in [-0.05, 0) is 12.1 Å². The van der Waals surface area contributed by atoms with Gasteiger partial charge in [-0.2, -0.15) is 0 Å². The van der Waals surface area contributed by atoms with E-state index in [1.165, 1.54) is 6.20 Å². The van der Waals surface area contributed by atoms with Crippen molar-refractivity contribution >= 4 is 11.8 Å². The second kappa shape index (κ2) is 6.26. The number of carbonyl (C=O) groups excluding carboxylic acids is 2. The van der Waals surface area contributed by atoms with Gasteiger partial charge in [-0.1, -0.05) is 0 Å². The summed E-state index contributed by atoms with van der Waals surface area (Å²) in [5.74, 6) is 4.78. The summed E-state index contributed by atoms with van der Waals surface area (Å²) < 4.78 is 0. The highest BCUT2D eigenvalue weighted by atomic mass is 16.2. The number of hydrazine groups is 1. The van der Waals surface area contributed by atoms with Crippen LogP contribution in [0.5, 0.6) is 0 Å². The van der Waals surface area contributed by atoms with Gasteiger partial charge in [0.2, 0.25) is 5.91 Å². The van der Waals surface area contributed by atoms with Crippen LogP contribution in [-0.2, 0) is 11.3 Å². The van der Waals surface area contributed by atoms with Gasteiger partial charge in [-0.15, -0.1) is 0 Å². The Morgan fingerprint density at radius 3 is 3.00 bits per heavy atom. The Balaban J connectivity index is 1.95. The fourth-order valence-corrected chi connectivity index (χ4v) is 1.94. The molecule has 102 valence electrons. The molecule has 1 aliphatic rings. The monoisotopic (exact) mass is 263 g/mol. The Labute approximate surface area is 111 Å². The zero-order chi connectivity index (χ0) is 13.7. The number of aromatic nitrogens is 1. The Morgan fingerprint density at radius 1 is 1.47 bits per heavy atom. The first-order chi connectivity index (χ1) is 9.19. The molecule has 1 aromatic heterocycles. The smallest absolute Gasteiger partial charge is 0.266 e. The van der Waals surface area contributed by atoms with Crippen molar-refractivity contribution < 1.29 is 9.59 Å². The molecule has 1 aliphatic heterocycles. The van der Waals surface area contributed by atoms with E-state index in [0.29, 0.717) is 25.1 Å². The minimum Gasteiger partial charge on any atom is -0.355 e. The van der Waals surface area contributed by atoms with Crippen LogP contribution in [0.25, 0.3) is 0 Å².